The largest absolute Gasteiger partial charge is 0.369 e. The number of piperazine rings is 1. The molecule has 1 saturated carbocycles. The van der Waals surface area contributed by atoms with Crippen molar-refractivity contribution in [2.75, 3.05) is 37.6 Å². The monoisotopic (exact) mass is 461 g/mol. The van der Waals surface area contributed by atoms with Crippen LogP contribution in [-0.4, -0.2) is 47.4 Å². The van der Waals surface area contributed by atoms with Crippen molar-refractivity contribution in [1.82, 2.24) is 20.0 Å². The van der Waals surface area contributed by atoms with Gasteiger partial charge >= 0.3 is 0 Å². The van der Waals surface area contributed by atoms with E-state index in [2.05, 4.69) is 53.5 Å². The SMILES string of the molecule is C=C1CCC(c2nn(C)c3cc(N4CCN(CCCCC5CCCCC5)CC4)ccc23)C(=C)N1. The molecule has 1 aromatic carbocycles. The Morgan fingerprint density at radius 2 is 1.79 bits per heavy atom. The number of allylic oxidation sites excluding steroid dienone is 2. The second-order valence-electron chi connectivity index (χ2n) is 10.9. The van der Waals surface area contributed by atoms with E-state index in [0.29, 0.717) is 0 Å². The fourth-order valence-electron chi connectivity index (χ4n) is 6.37. The third-order valence-electron chi connectivity index (χ3n) is 8.49. The number of rotatable bonds is 7. The fraction of sp³-hybridized carbons (Fsp3) is 0.621. The summed E-state index contributed by atoms with van der Waals surface area (Å²) in [4.78, 5) is 5.23. The molecular formula is C29H43N5. The number of aryl methyl sites for hydroxylation is 1. The molecule has 1 atom stereocenters. The lowest BCUT2D eigenvalue weighted by atomic mass is 9.86. The summed E-state index contributed by atoms with van der Waals surface area (Å²) in [6, 6.07) is 6.91. The van der Waals surface area contributed by atoms with Crippen molar-refractivity contribution >= 4 is 16.6 Å². The summed E-state index contributed by atoms with van der Waals surface area (Å²) in [6.45, 7) is 14.2. The average molecular weight is 462 g/mol. The van der Waals surface area contributed by atoms with Gasteiger partial charge < -0.3 is 10.2 Å². The smallest absolute Gasteiger partial charge is 0.0792 e. The zero-order chi connectivity index (χ0) is 23.5. The Bertz CT molecular complexity index is 1010. The zero-order valence-electron chi connectivity index (χ0n) is 21.2. The molecule has 1 N–H and O–H groups in total. The van der Waals surface area contributed by atoms with Crippen LogP contribution in [0.5, 0.6) is 0 Å². The molecule has 3 heterocycles. The number of nitrogens with one attached hydrogen (secondary N) is 1. The van der Waals surface area contributed by atoms with Gasteiger partial charge in [-0.15, -0.1) is 0 Å². The summed E-state index contributed by atoms with van der Waals surface area (Å²) in [5.41, 5.74) is 5.78. The molecule has 34 heavy (non-hydrogen) atoms. The van der Waals surface area contributed by atoms with Crippen LogP contribution in [0.1, 0.15) is 75.8 Å². The summed E-state index contributed by atoms with van der Waals surface area (Å²) < 4.78 is 2.05. The summed E-state index contributed by atoms with van der Waals surface area (Å²) in [6.07, 6.45) is 13.7. The first kappa shape index (κ1) is 23.5. The molecule has 0 radical (unpaired) electrons. The summed E-state index contributed by atoms with van der Waals surface area (Å²) in [7, 11) is 2.07. The first-order valence-electron chi connectivity index (χ1n) is 13.7. The Labute approximate surface area is 205 Å². The minimum absolute atomic E-state index is 0.252. The molecule has 0 bridgehead atoms. The maximum atomic E-state index is 4.92. The number of hydrogen-bond donors (Lipinski definition) is 1. The Morgan fingerprint density at radius 1 is 1.00 bits per heavy atom. The predicted octanol–water partition coefficient (Wildman–Crippen LogP) is 5.94. The van der Waals surface area contributed by atoms with Crippen molar-refractivity contribution in [2.24, 2.45) is 13.0 Å². The highest BCUT2D eigenvalue weighted by Crippen LogP contribution is 2.36. The van der Waals surface area contributed by atoms with Crippen molar-refractivity contribution in [3.8, 4) is 0 Å². The molecule has 0 amide bonds. The van der Waals surface area contributed by atoms with Gasteiger partial charge in [-0.3, -0.25) is 9.58 Å². The highest BCUT2D eigenvalue weighted by atomic mass is 15.3. The Kier molecular flexibility index (Phi) is 7.29. The predicted molar refractivity (Wildman–Crippen MR) is 143 cm³/mol. The zero-order valence-corrected chi connectivity index (χ0v) is 21.2. The van der Waals surface area contributed by atoms with E-state index >= 15 is 0 Å². The highest BCUT2D eigenvalue weighted by molar-refractivity contribution is 5.86. The molecule has 5 heteroatoms. The quantitative estimate of drug-likeness (QED) is 0.518. The van der Waals surface area contributed by atoms with E-state index in [0.717, 1.165) is 48.9 Å². The van der Waals surface area contributed by atoms with Gasteiger partial charge in [0.25, 0.3) is 0 Å². The normalized spacial score (nSPS) is 23.0. The van der Waals surface area contributed by atoms with Crippen molar-refractivity contribution in [3.05, 3.63) is 48.4 Å². The van der Waals surface area contributed by atoms with Crippen LogP contribution in [0.4, 0.5) is 5.69 Å². The van der Waals surface area contributed by atoms with E-state index in [1.54, 1.807) is 0 Å². The number of benzene rings is 1. The van der Waals surface area contributed by atoms with Gasteiger partial charge in [0.1, 0.15) is 0 Å². The summed E-state index contributed by atoms with van der Waals surface area (Å²) in [5.74, 6) is 1.28. The fourth-order valence-corrected chi connectivity index (χ4v) is 6.37. The van der Waals surface area contributed by atoms with E-state index < -0.39 is 0 Å². The number of unbranched alkanes of at least 4 members (excludes halogenated alkanes) is 1. The van der Waals surface area contributed by atoms with Crippen LogP contribution in [0.15, 0.2) is 42.8 Å². The maximum absolute atomic E-state index is 4.92. The number of hydrogen-bond acceptors (Lipinski definition) is 4. The van der Waals surface area contributed by atoms with Crippen LogP contribution in [0.3, 0.4) is 0 Å². The molecule has 2 aromatic rings. The summed E-state index contributed by atoms with van der Waals surface area (Å²) in [5, 5.41) is 9.53. The number of anilines is 1. The van der Waals surface area contributed by atoms with Crippen molar-refractivity contribution in [3.63, 3.8) is 0 Å². The molecule has 1 unspecified atom stereocenters. The van der Waals surface area contributed by atoms with Gasteiger partial charge in [-0.1, -0.05) is 58.1 Å². The maximum Gasteiger partial charge on any atom is 0.0792 e. The molecular weight excluding hydrogens is 418 g/mol. The molecule has 5 nitrogen and oxygen atoms in total. The van der Waals surface area contributed by atoms with E-state index in [1.165, 1.54) is 87.6 Å². The topological polar surface area (TPSA) is 36.3 Å². The van der Waals surface area contributed by atoms with Crippen molar-refractivity contribution in [1.29, 1.82) is 0 Å². The van der Waals surface area contributed by atoms with Crippen LogP contribution < -0.4 is 10.2 Å². The van der Waals surface area contributed by atoms with Crippen LogP contribution in [0.2, 0.25) is 0 Å². The second-order valence-corrected chi connectivity index (χ2v) is 10.9. The van der Waals surface area contributed by atoms with E-state index in [1.807, 2.05) is 4.68 Å². The Balaban J connectivity index is 1.15. The summed E-state index contributed by atoms with van der Waals surface area (Å²) >= 11 is 0. The standard InChI is InChI=1S/C29H43N5/c1-22-12-14-26(23(2)30-22)29-27-15-13-25(21-28(27)32(3)31-29)34-19-17-33(18-20-34)16-8-7-11-24-9-5-4-6-10-24/h13,15,21,24,26,30H,1-2,4-12,14,16-20H2,3H3. The third kappa shape index (κ3) is 5.19. The Morgan fingerprint density at radius 3 is 2.56 bits per heavy atom. The number of fused-ring (bicyclic) bond motifs is 1. The van der Waals surface area contributed by atoms with Gasteiger partial charge in [0.15, 0.2) is 0 Å². The first-order chi connectivity index (χ1) is 16.6. The van der Waals surface area contributed by atoms with Crippen LogP contribution in [0, 0.1) is 5.92 Å². The molecule has 3 fully saturated rings. The molecule has 2 saturated heterocycles. The van der Waals surface area contributed by atoms with Gasteiger partial charge in [0.05, 0.1) is 11.2 Å². The van der Waals surface area contributed by atoms with Gasteiger partial charge in [-0.2, -0.15) is 5.10 Å². The highest BCUT2D eigenvalue weighted by Gasteiger charge is 2.26. The van der Waals surface area contributed by atoms with Gasteiger partial charge in [-0.25, -0.2) is 0 Å². The first-order valence-corrected chi connectivity index (χ1v) is 13.7. The molecule has 3 aliphatic rings. The van der Waals surface area contributed by atoms with Crippen LogP contribution in [0.25, 0.3) is 10.9 Å². The minimum atomic E-state index is 0.252. The van der Waals surface area contributed by atoms with Gasteiger partial charge in [-0.05, 0) is 49.9 Å². The molecule has 1 aliphatic carbocycles. The second kappa shape index (κ2) is 10.6. The van der Waals surface area contributed by atoms with Crippen LogP contribution >= 0.6 is 0 Å². The molecule has 2 aliphatic heterocycles. The lowest BCUT2D eigenvalue weighted by Crippen LogP contribution is -2.46. The van der Waals surface area contributed by atoms with Crippen molar-refractivity contribution < 1.29 is 0 Å². The van der Waals surface area contributed by atoms with Gasteiger partial charge in [0.2, 0.25) is 0 Å². The van der Waals surface area contributed by atoms with Crippen LogP contribution in [-0.2, 0) is 7.05 Å². The van der Waals surface area contributed by atoms with Gasteiger partial charge in [0, 0.05) is 61.6 Å². The number of aromatic nitrogens is 2. The van der Waals surface area contributed by atoms with E-state index in [4.69, 9.17) is 5.10 Å². The van der Waals surface area contributed by atoms with E-state index in [9.17, 15) is 0 Å². The third-order valence-corrected chi connectivity index (χ3v) is 8.49. The lowest BCUT2D eigenvalue weighted by Gasteiger charge is -2.36. The molecule has 1 aromatic heterocycles. The number of piperidine rings is 1. The van der Waals surface area contributed by atoms with E-state index in [-0.39, 0.29) is 5.92 Å². The average Bonchev–Trinajstić information content (AvgIpc) is 3.18. The minimum Gasteiger partial charge on any atom is -0.369 e. The Hall–Kier alpha value is -2.27. The molecule has 184 valence electrons. The number of nitrogens with zero attached hydrogens (tertiary/aromatic N) is 4. The molecule has 0 spiro atoms. The van der Waals surface area contributed by atoms with Crippen molar-refractivity contribution in [2.45, 2.75) is 70.1 Å². The lowest BCUT2D eigenvalue weighted by molar-refractivity contribution is 0.246. The molecule has 5 rings (SSSR count).